The van der Waals surface area contributed by atoms with Crippen molar-refractivity contribution in [2.45, 2.75) is 38.5 Å². The normalized spacial score (nSPS) is 17.1. The number of hydrogen-bond donors (Lipinski definition) is 1. The molecular weight excluding hydrogens is 356 g/mol. The van der Waals surface area contributed by atoms with E-state index in [0.29, 0.717) is 12.4 Å². The fraction of sp³-hybridized carbons (Fsp3) is 0.400. The molecule has 1 fully saturated rings. The van der Waals surface area contributed by atoms with Gasteiger partial charge in [0.05, 0.1) is 12.2 Å². The van der Waals surface area contributed by atoms with Crippen LogP contribution < -0.4 is 5.32 Å². The zero-order valence-corrected chi connectivity index (χ0v) is 16.1. The van der Waals surface area contributed by atoms with E-state index < -0.39 is 0 Å². The standard InChI is InChI=1S/C20H24N6O2/c1-14(2)18-23-19(28-24-18)15-4-3-10-25(12-15)20(27)22-16-5-7-17(8-6-16)26-11-9-21-13-26/h5-9,11,13-15H,3-4,10,12H2,1-2H3,(H,22,27)/t15-/m1/s1. The van der Waals surface area contributed by atoms with E-state index >= 15 is 0 Å². The molecule has 0 radical (unpaired) electrons. The van der Waals surface area contributed by atoms with Gasteiger partial charge in [0.2, 0.25) is 5.89 Å². The van der Waals surface area contributed by atoms with Crippen molar-refractivity contribution in [1.29, 1.82) is 0 Å². The summed E-state index contributed by atoms with van der Waals surface area (Å²) in [5, 5.41) is 7.02. The van der Waals surface area contributed by atoms with Crippen molar-refractivity contribution in [2.24, 2.45) is 0 Å². The van der Waals surface area contributed by atoms with E-state index in [0.717, 1.165) is 36.6 Å². The van der Waals surface area contributed by atoms with Crippen LogP contribution in [0, 0.1) is 0 Å². The van der Waals surface area contributed by atoms with Gasteiger partial charge in [-0.3, -0.25) is 0 Å². The van der Waals surface area contributed by atoms with Gasteiger partial charge in [0.15, 0.2) is 5.82 Å². The maximum Gasteiger partial charge on any atom is 0.321 e. The van der Waals surface area contributed by atoms with E-state index in [-0.39, 0.29) is 17.9 Å². The minimum atomic E-state index is -0.108. The van der Waals surface area contributed by atoms with Gasteiger partial charge in [0.1, 0.15) is 0 Å². The van der Waals surface area contributed by atoms with Gasteiger partial charge in [0, 0.05) is 42.8 Å². The molecule has 0 spiro atoms. The molecule has 1 aliphatic rings. The molecule has 4 rings (SSSR count). The molecule has 1 N–H and O–H groups in total. The zero-order chi connectivity index (χ0) is 19.5. The van der Waals surface area contributed by atoms with Crippen LogP contribution in [0.5, 0.6) is 0 Å². The maximum atomic E-state index is 12.7. The fourth-order valence-electron chi connectivity index (χ4n) is 3.34. The number of benzene rings is 1. The first-order chi connectivity index (χ1) is 13.6. The molecule has 8 nitrogen and oxygen atoms in total. The van der Waals surface area contributed by atoms with Crippen molar-refractivity contribution in [3.63, 3.8) is 0 Å². The molecule has 0 unspecified atom stereocenters. The Kier molecular flexibility index (Phi) is 5.10. The molecule has 1 saturated heterocycles. The molecular formula is C20H24N6O2. The monoisotopic (exact) mass is 380 g/mol. The lowest BCUT2D eigenvalue weighted by Gasteiger charge is -2.31. The number of carbonyl (C=O) groups excluding carboxylic acids is 1. The molecule has 1 atom stereocenters. The first kappa shape index (κ1) is 18.2. The summed E-state index contributed by atoms with van der Waals surface area (Å²) < 4.78 is 7.35. The quantitative estimate of drug-likeness (QED) is 0.744. The fourth-order valence-corrected chi connectivity index (χ4v) is 3.34. The van der Waals surface area contributed by atoms with E-state index in [1.165, 1.54) is 0 Å². The highest BCUT2D eigenvalue weighted by Gasteiger charge is 2.29. The van der Waals surface area contributed by atoms with Crippen LogP contribution in [0.4, 0.5) is 10.5 Å². The number of hydrogen-bond acceptors (Lipinski definition) is 5. The van der Waals surface area contributed by atoms with E-state index in [2.05, 4.69) is 20.4 Å². The average molecular weight is 380 g/mol. The zero-order valence-electron chi connectivity index (χ0n) is 16.1. The Hall–Kier alpha value is -3.16. The first-order valence-corrected chi connectivity index (χ1v) is 9.58. The van der Waals surface area contributed by atoms with E-state index in [9.17, 15) is 4.79 Å². The maximum absolute atomic E-state index is 12.7. The number of likely N-dealkylation sites (tertiary alicyclic amines) is 1. The Labute approximate surface area is 163 Å². The van der Waals surface area contributed by atoms with Gasteiger partial charge in [0.25, 0.3) is 0 Å². The summed E-state index contributed by atoms with van der Waals surface area (Å²) in [6, 6.07) is 7.57. The summed E-state index contributed by atoms with van der Waals surface area (Å²) in [6.07, 6.45) is 7.21. The summed E-state index contributed by atoms with van der Waals surface area (Å²) in [5.74, 6) is 1.66. The number of piperidine rings is 1. The lowest BCUT2D eigenvalue weighted by Crippen LogP contribution is -2.41. The molecule has 2 amide bonds. The Bertz CT molecular complexity index is 917. The van der Waals surface area contributed by atoms with Crippen LogP contribution in [-0.2, 0) is 0 Å². The van der Waals surface area contributed by atoms with E-state index in [1.54, 1.807) is 12.5 Å². The summed E-state index contributed by atoms with van der Waals surface area (Å²) in [4.78, 5) is 23.1. The number of aromatic nitrogens is 4. The van der Waals surface area contributed by atoms with Gasteiger partial charge in [-0.05, 0) is 37.1 Å². The molecule has 0 aliphatic carbocycles. The minimum Gasteiger partial charge on any atom is -0.339 e. The van der Waals surface area contributed by atoms with Crippen LogP contribution in [0.1, 0.15) is 50.2 Å². The van der Waals surface area contributed by atoms with Gasteiger partial charge in [-0.2, -0.15) is 4.98 Å². The molecule has 28 heavy (non-hydrogen) atoms. The highest BCUT2D eigenvalue weighted by Crippen LogP contribution is 2.27. The van der Waals surface area contributed by atoms with Gasteiger partial charge in [-0.1, -0.05) is 19.0 Å². The van der Waals surface area contributed by atoms with Crippen LogP contribution in [-0.4, -0.2) is 43.7 Å². The molecule has 0 saturated carbocycles. The molecule has 146 valence electrons. The van der Waals surface area contributed by atoms with Crippen LogP contribution in [0.2, 0.25) is 0 Å². The second kappa shape index (κ2) is 7.84. The van der Waals surface area contributed by atoms with Crippen LogP contribution in [0.15, 0.2) is 47.5 Å². The lowest BCUT2D eigenvalue weighted by atomic mass is 9.98. The van der Waals surface area contributed by atoms with Crippen LogP contribution in [0.25, 0.3) is 5.69 Å². The van der Waals surface area contributed by atoms with Crippen molar-refractivity contribution in [1.82, 2.24) is 24.6 Å². The molecule has 1 aromatic carbocycles. The van der Waals surface area contributed by atoms with Crippen molar-refractivity contribution in [2.75, 3.05) is 18.4 Å². The third kappa shape index (κ3) is 3.90. The first-order valence-electron chi connectivity index (χ1n) is 9.58. The lowest BCUT2D eigenvalue weighted by molar-refractivity contribution is 0.184. The molecule has 2 aromatic heterocycles. The molecule has 8 heteroatoms. The predicted molar refractivity (Wildman–Crippen MR) is 105 cm³/mol. The minimum absolute atomic E-state index is 0.0862. The largest absolute Gasteiger partial charge is 0.339 e. The van der Waals surface area contributed by atoms with Gasteiger partial charge in [-0.25, -0.2) is 9.78 Å². The molecule has 3 aromatic rings. The van der Waals surface area contributed by atoms with Crippen molar-refractivity contribution in [3.05, 3.63) is 54.7 Å². The van der Waals surface area contributed by atoms with Gasteiger partial charge < -0.3 is 19.3 Å². The number of rotatable bonds is 4. The topological polar surface area (TPSA) is 89.1 Å². The number of nitrogens with one attached hydrogen (secondary N) is 1. The summed E-state index contributed by atoms with van der Waals surface area (Å²) >= 11 is 0. The van der Waals surface area contributed by atoms with Crippen molar-refractivity contribution in [3.8, 4) is 5.69 Å². The number of imidazole rings is 1. The SMILES string of the molecule is CC(C)c1noc([C@@H]2CCCN(C(=O)Nc3ccc(-n4ccnc4)cc3)C2)n1. The van der Waals surface area contributed by atoms with Crippen LogP contribution in [0.3, 0.4) is 0 Å². The van der Waals surface area contributed by atoms with Crippen molar-refractivity contribution < 1.29 is 9.32 Å². The summed E-state index contributed by atoms with van der Waals surface area (Å²) in [7, 11) is 0. The van der Waals surface area contributed by atoms with Crippen LogP contribution >= 0.6 is 0 Å². The van der Waals surface area contributed by atoms with Gasteiger partial charge >= 0.3 is 6.03 Å². The average Bonchev–Trinajstić information content (AvgIpc) is 3.41. The molecule has 3 heterocycles. The number of carbonyl (C=O) groups is 1. The Morgan fingerprint density at radius 3 is 2.79 bits per heavy atom. The number of urea groups is 1. The third-order valence-corrected chi connectivity index (χ3v) is 4.95. The Morgan fingerprint density at radius 1 is 1.29 bits per heavy atom. The van der Waals surface area contributed by atoms with E-state index in [1.807, 2.05) is 53.8 Å². The van der Waals surface area contributed by atoms with Crippen molar-refractivity contribution >= 4 is 11.7 Å². The highest BCUT2D eigenvalue weighted by molar-refractivity contribution is 5.89. The number of amides is 2. The smallest absolute Gasteiger partial charge is 0.321 e. The molecule has 0 bridgehead atoms. The summed E-state index contributed by atoms with van der Waals surface area (Å²) in [6.45, 7) is 5.37. The number of anilines is 1. The summed E-state index contributed by atoms with van der Waals surface area (Å²) in [5.41, 5.74) is 1.75. The Morgan fingerprint density at radius 2 is 2.11 bits per heavy atom. The third-order valence-electron chi connectivity index (χ3n) is 4.95. The Balaban J connectivity index is 1.38. The predicted octanol–water partition coefficient (Wildman–Crippen LogP) is 3.79. The van der Waals surface area contributed by atoms with Gasteiger partial charge in [-0.15, -0.1) is 0 Å². The second-order valence-corrected chi connectivity index (χ2v) is 7.38. The van der Waals surface area contributed by atoms with E-state index in [4.69, 9.17) is 4.52 Å². The molecule has 1 aliphatic heterocycles. The number of nitrogens with zero attached hydrogens (tertiary/aromatic N) is 5. The highest BCUT2D eigenvalue weighted by atomic mass is 16.5. The second-order valence-electron chi connectivity index (χ2n) is 7.38.